The Morgan fingerprint density at radius 3 is 2.33 bits per heavy atom. The number of hydrogen-bond donors (Lipinski definition) is 1. The summed E-state index contributed by atoms with van der Waals surface area (Å²) < 4.78 is 41.2. The number of nitrogens with zero attached hydrogens (tertiary/aromatic N) is 2. The van der Waals surface area contributed by atoms with Crippen LogP contribution in [0.1, 0.15) is 0 Å². The number of phenols is 1. The Hall–Kier alpha value is -2.71. The van der Waals surface area contributed by atoms with E-state index in [0.717, 1.165) is 17.7 Å². The predicted molar refractivity (Wildman–Crippen MR) is 115 cm³/mol. The van der Waals surface area contributed by atoms with Gasteiger partial charge in [0.1, 0.15) is 12.5 Å². The van der Waals surface area contributed by atoms with Gasteiger partial charge in [-0.15, -0.1) is 0 Å². The molecule has 0 aliphatic rings. The molecule has 0 aliphatic carbocycles. The number of hydrogen-bond acceptors (Lipinski definition) is 4. The zero-order valence-electron chi connectivity index (χ0n) is 17.6. The summed E-state index contributed by atoms with van der Waals surface area (Å²) in [6.45, 7) is 7.61. The first-order chi connectivity index (χ1) is 14.2. The number of aromatic hydroxyl groups is 1. The van der Waals surface area contributed by atoms with Gasteiger partial charge < -0.3 is 14.6 Å². The molecule has 3 rings (SSSR count). The van der Waals surface area contributed by atoms with E-state index in [4.69, 9.17) is 9.47 Å². The van der Waals surface area contributed by atoms with Crippen molar-refractivity contribution in [1.82, 2.24) is 9.78 Å². The van der Waals surface area contributed by atoms with Crippen molar-refractivity contribution >= 4 is 8.07 Å². The van der Waals surface area contributed by atoms with E-state index in [1.165, 1.54) is 12.3 Å². The standard InChI is InChI=1S/C22H26F2N2O3Si/c1-28-16-7-5-15(6-8-16)22-18(17-9-10-19(27)21(24)20(17)23)13-25-26(22)14-29-11-12-30(2,3)4/h5-10,13,27H,11-12,14H2,1-4H3. The number of rotatable bonds is 8. The highest BCUT2D eigenvalue weighted by Crippen LogP contribution is 2.36. The molecular weight excluding hydrogens is 406 g/mol. The van der Waals surface area contributed by atoms with Gasteiger partial charge in [-0.2, -0.15) is 9.49 Å². The molecule has 2 aromatic carbocycles. The van der Waals surface area contributed by atoms with E-state index >= 15 is 0 Å². The first-order valence-corrected chi connectivity index (χ1v) is 13.4. The zero-order chi connectivity index (χ0) is 21.9. The minimum absolute atomic E-state index is 0.0180. The molecule has 0 bridgehead atoms. The zero-order valence-corrected chi connectivity index (χ0v) is 18.6. The smallest absolute Gasteiger partial charge is 0.200 e. The summed E-state index contributed by atoms with van der Waals surface area (Å²) in [4.78, 5) is 0. The number of ether oxygens (including phenoxy) is 2. The largest absolute Gasteiger partial charge is 0.505 e. The molecule has 160 valence electrons. The molecule has 8 heteroatoms. The Morgan fingerprint density at radius 2 is 1.70 bits per heavy atom. The van der Waals surface area contributed by atoms with E-state index in [2.05, 4.69) is 24.7 Å². The van der Waals surface area contributed by atoms with Gasteiger partial charge in [0.2, 0.25) is 5.82 Å². The van der Waals surface area contributed by atoms with Gasteiger partial charge in [0, 0.05) is 31.4 Å². The quantitative estimate of drug-likeness (QED) is 0.376. The van der Waals surface area contributed by atoms with Crippen LogP contribution < -0.4 is 4.74 Å². The molecule has 1 heterocycles. The van der Waals surface area contributed by atoms with Gasteiger partial charge in [-0.3, -0.25) is 0 Å². The van der Waals surface area contributed by atoms with E-state index in [-0.39, 0.29) is 12.3 Å². The SMILES string of the molecule is COc1ccc(-c2c(-c3ccc(O)c(F)c3F)cnn2COCC[Si](C)(C)C)cc1. The van der Waals surface area contributed by atoms with E-state index < -0.39 is 25.5 Å². The lowest BCUT2D eigenvalue weighted by molar-refractivity contribution is 0.0798. The Morgan fingerprint density at radius 1 is 1.00 bits per heavy atom. The molecular formula is C22H26F2N2O3Si. The van der Waals surface area contributed by atoms with Crippen LogP contribution in [0.5, 0.6) is 11.5 Å². The lowest BCUT2D eigenvalue weighted by atomic mass is 10.0. The fourth-order valence-electron chi connectivity index (χ4n) is 3.01. The maximum absolute atomic E-state index is 14.6. The summed E-state index contributed by atoms with van der Waals surface area (Å²) in [6, 6.07) is 10.7. The van der Waals surface area contributed by atoms with Gasteiger partial charge in [0.15, 0.2) is 11.6 Å². The average molecular weight is 433 g/mol. The molecule has 0 atom stereocenters. The highest BCUT2D eigenvalue weighted by molar-refractivity contribution is 6.76. The van der Waals surface area contributed by atoms with Crippen LogP contribution in [0.2, 0.25) is 25.7 Å². The number of methoxy groups -OCH3 is 1. The van der Waals surface area contributed by atoms with Crippen LogP contribution in [-0.2, 0) is 11.5 Å². The van der Waals surface area contributed by atoms with Crippen molar-refractivity contribution in [2.75, 3.05) is 13.7 Å². The monoisotopic (exact) mass is 432 g/mol. The normalized spacial score (nSPS) is 11.7. The van der Waals surface area contributed by atoms with E-state index in [1.54, 1.807) is 23.9 Å². The van der Waals surface area contributed by atoms with Crippen LogP contribution in [0.15, 0.2) is 42.6 Å². The molecule has 30 heavy (non-hydrogen) atoms. The van der Waals surface area contributed by atoms with Crippen molar-refractivity contribution in [3.8, 4) is 33.9 Å². The molecule has 1 aromatic heterocycles. The molecule has 0 saturated carbocycles. The van der Waals surface area contributed by atoms with Crippen LogP contribution in [0.25, 0.3) is 22.4 Å². The third-order valence-corrected chi connectivity index (χ3v) is 6.47. The molecule has 0 saturated heterocycles. The second kappa shape index (κ2) is 8.97. The summed E-state index contributed by atoms with van der Waals surface area (Å²) in [5, 5.41) is 13.8. The predicted octanol–water partition coefficient (Wildman–Crippen LogP) is 5.52. The van der Waals surface area contributed by atoms with Gasteiger partial charge in [0.25, 0.3) is 0 Å². The molecule has 0 fully saturated rings. The molecule has 0 spiro atoms. The minimum atomic E-state index is -1.28. The van der Waals surface area contributed by atoms with Crippen LogP contribution in [0.4, 0.5) is 8.78 Å². The van der Waals surface area contributed by atoms with Gasteiger partial charge in [0.05, 0.1) is 19.0 Å². The Balaban J connectivity index is 2.00. The van der Waals surface area contributed by atoms with Gasteiger partial charge >= 0.3 is 0 Å². The molecule has 0 radical (unpaired) electrons. The fourth-order valence-corrected chi connectivity index (χ4v) is 3.77. The summed E-state index contributed by atoms with van der Waals surface area (Å²) >= 11 is 0. The van der Waals surface area contributed by atoms with Gasteiger partial charge in [-0.05, 0) is 42.4 Å². The van der Waals surface area contributed by atoms with Crippen LogP contribution >= 0.6 is 0 Å². The molecule has 0 unspecified atom stereocenters. The van der Waals surface area contributed by atoms with Crippen LogP contribution in [0.3, 0.4) is 0 Å². The fraction of sp³-hybridized carbons (Fsp3) is 0.318. The molecule has 5 nitrogen and oxygen atoms in total. The van der Waals surface area contributed by atoms with Gasteiger partial charge in [-0.25, -0.2) is 9.07 Å². The molecule has 1 N–H and O–H groups in total. The number of phenolic OH excluding ortho intramolecular Hbond substituents is 1. The minimum Gasteiger partial charge on any atom is -0.505 e. The first kappa shape index (κ1) is 22.0. The number of aromatic nitrogens is 2. The Bertz CT molecular complexity index is 1010. The average Bonchev–Trinajstić information content (AvgIpc) is 3.12. The highest BCUT2D eigenvalue weighted by Gasteiger charge is 2.21. The third kappa shape index (κ3) is 4.88. The van der Waals surface area contributed by atoms with Crippen LogP contribution in [-0.4, -0.2) is 36.7 Å². The van der Waals surface area contributed by atoms with Gasteiger partial charge in [-0.1, -0.05) is 19.6 Å². The van der Waals surface area contributed by atoms with Crippen molar-refractivity contribution < 1.29 is 23.4 Å². The van der Waals surface area contributed by atoms with Crippen LogP contribution in [0, 0.1) is 11.6 Å². The second-order valence-electron chi connectivity index (χ2n) is 8.24. The molecule has 0 amide bonds. The summed E-state index contributed by atoms with van der Waals surface area (Å²) in [5.74, 6) is -2.46. The topological polar surface area (TPSA) is 56.5 Å². The number of halogens is 2. The second-order valence-corrected chi connectivity index (χ2v) is 13.9. The summed E-state index contributed by atoms with van der Waals surface area (Å²) in [6.07, 6.45) is 1.48. The lowest BCUT2D eigenvalue weighted by Crippen LogP contribution is -2.22. The maximum Gasteiger partial charge on any atom is 0.200 e. The first-order valence-electron chi connectivity index (χ1n) is 9.66. The molecule has 0 aliphatic heterocycles. The van der Waals surface area contributed by atoms with E-state index in [0.29, 0.717) is 23.6 Å². The number of benzene rings is 2. The lowest BCUT2D eigenvalue weighted by Gasteiger charge is -2.16. The summed E-state index contributed by atoms with van der Waals surface area (Å²) in [7, 11) is 0.341. The molecule has 3 aromatic rings. The highest BCUT2D eigenvalue weighted by atomic mass is 28.3. The van der Waals surface area contributed by atoms with Crippen molar-refractivity contribution in [3.05, 3.63) is 54.2 Å². The van der Waals surface area contributed by atoms with Crippen molar-refractivity contribution in [2.45, 2.75) is 32.4 Å². The third-order valence-electron chi connectivity index (χ3n) is 4.76. The van der Waals surface area contributed by atoms with Crippen molar-refractivity contribution in [3.63, 3.8) is 0 Å². The Kier molecular flexibility index (Phi) is 6.57. The van der Waals surface area contributed by atoms with Crippen molar-refractivity contribution in [1.29, 1.82) is 0 Å². The van der Waals surface area contributed by atoms with E-state index in [1.807, 2.05) is 12.1 Å². The Labute approximate surface area is 175 Å². The van der Waals surface area contributed by atoms with Crippen molar-refractivity contribution in [2.24, 2.45) is 0 Å². The maximum atomic E-state index is 14.6. The van der Waals surface area contributed by atoms with E-state index in [9.17, 15) is 13.9 Å². The summed E-state index contributed by atoms with van der Waals surface area (Å²) in [5.41, 5.74) is 1.77.